The van der Waals surface area contributed by atoms with Gasteiger partial charge in [0.1, 0.15) is 0 Å². The maximum Gasteiger partial charge on any atom is 0.222 e. The van der Waals surface area contributed by atoms with Gasteiger partial charge in [0.25, 0.3) is 0 Å². The summed E-state index contributed by atoms with van der Waals surface area (Å²) in [6.07, 6.45) is 9.15. The quantitative estimate of drug-likeness (QED) is 0.844. The van der Waals surface area contributed by atoms with Gasteiger partial charge < -0.3 is 10.2 Å². The van der Waals surface area contributed by atoms with Crippen LogP contribution in [0, 0.1) is 5.41 Å². The van der Waals surface area contributed by atoms with Crippen molar-refractivity contribution >= 4 is 11.9 Å². The van der Waals surface area contributed by atoms with Gasteiger partial charge in [-0.2, -0.15) is 0 Å². The molecule has 2 fully saturated rings. The van der Waals surface area contributed by atoms with Crippen molar-refractivity contribution in [1.82, 2.24) is 19.8 Å². The van der Waals surface area contributed by atoms with Gasteiger partial charge in [-0.15, -0.1) is 0 Å². The summed E-state index contributed by atoms with van der Waals surface area (Å²) < 4.78 is 0. The van der Waals surface area contributed by atoms with E-state index in [1.807, 2.05) is 42.5 Å². The first kappa shape index (κ1) is 19.8. The molecule has 0 unspecified atom stereocenters. The van der Waals surface area contributed by atoms with Gasteiger partial charge >= 0.3 is 0 Å². The van der Waals surface area contributed by atoms with E-state index in [0.717, 1.165) is 51.1 Å². The Morgan fingerprint density at radius 1 is 0.966 bits per heavy atom. The second kappa shape index (κ2) is 8.91. The molecule has 1 amide bonds. The summed E-state index contributed by atoms with van der Waals surface area (Å²) in [5.74, 6) is 0.977. The molecule has 1 N–H and O–H groups in total. The number of aromatic nitrogens is 2. The van der Waals surface area contributed by atoms with Gasteiger partial charge in [0, 0.05) is 51.1 Å². The summed E-state index contributed by atoms with van der Waals surface area (Å²) in [4.78, 5) is 25.4. The number of hydrogen-bond acceptors (Lipinski definition) is 5. The molecule has 4 rings (SSSR count). The van der Waals surface area contributed by atoms with Crippen molar-refractivity contribution in [2.75, 3.05) is 32.0 Å². The highest BCUT2D eigenvalue weighted by Crippen LogP contribution is 2.41. The zero-order valence-electron chi connectivity index (χ0n) is 17.3. The normalized spacial score (nSPS) is 19.9. The average Bonchev–Trinajstić information content (AvgIpc) is 2.90. The van der Waals surface area contributed by atoms with Crippen LogP contribution >= 0.6 is 0 Å². The first-order valence-corrected chi connectivity index (χ1v) is 10.7. The van der Waals surface area contributed by atoms with Crippen molar-refractivity contribution < 1.29 is 4.79 Å². The third-order valence-electron chi connectivity index (χ3n) is 6.59. The lowest BCUT2D eigenvalue weighted by Crippen LogP contribution is -2.40. The van der Waals surface area contributed by atoms with Crippen LogP contribution in [0.15, 0.2) is 42.7 Å². The predicted molar refractivity (Wildman–Crippen MR) is 114 cm³/mol. The van der Waals surface area contributed by atoms with Crippen LogP contribution < -0.4 is 5.32 Å². The van der Waals surface area contributed by atoms with Crippen LogP contribution in [0.4, 0.5) is 5.95 Å². The topological polar surface area (TPSA) is 61.4 Å². The number of nitrogens with one attached hydrogen (secondary N) is 1. The smallest absolute Gasteiger partial charge is 0.222 e. The number of benzene rings is 1. The lowest BCUT2D eigenvalue weighted by Gasteiger charge is -2.41. The molecule has 1 aromatic heterocycles. The molecule has 1 aromatic carbocycles. The zero-order valence-corrected chi connectivity index (χ0v) is 17.3. The maximum atomic E-state index is 12.0. The van der Waals surface area contributed by atoms with E-state index >= 15 is 0 Å². The molecule has 6 nitrogen and oxygen atoms in total. The van der Waals surface area contributed by atoms with Crippen LogP contribution in [-0.2, 0) is 17.9 Å². The monoisotopic (exact) mass is 393 g/mol. The van der Waals surface area contributed by atoms with E-state index in [2.05, 4.69) is 32.3 Å². The maximum absolute atomic E-state index is 12.0. The number of piperidine rings is 1. The van der Waals surface area contributed by atoms with Gasteiger partial charge in [-0.05, 0) is 49.8 Å². The van der Waals surface area contributed by atoms with Crippen LogP contribution in [-0.4, -0.2) is 52.4 Å². The fourth-order valence-electron chi connectivity index (χ4n) is 4.47. The lowest BCUT2D eigenvalue weighted by molar-refractivity contribution is -0.129. The molecule has 3 heterocycles. The molecule has 0 radical (unpaired) electrons. The predicted octanol–water partition coefficient (Wildman–Crippen LogP) is 3.31. The molecule has 2 aliphatic heterocycles. The molecule has 2 aromatic rings. The van der Waals surface area contributed by atoms with Crippen LogP contribution in [0.5, 0.6) is 0 Å². The van der Waals surface area contributed by atoms with E-state index in [4.69, 9.17) is 0 Å². The van der Waals surface area contributed by atoms with E-state index in [-0.39, 0.29) is 0 Å². The second-order valence-corrected chi connectivity index (χ2v) is 8.60. The number of amides is 1. The minimum absolute atomic E-state index is 0.308. The second-order valence-electron chi connectivity index (χ2n) is 8.60. The Kier molecular flexibility index (Phi) is 6.09. The molecular formula is C23H31N5O. The fourth-order valence-corrected chi connectivity index (χ4v) is 4.47. The van der Waals surface area contributed by atoms with E-state index in [1.54, 1.807) is 0 Å². The molecule has 154 valence electrons. The van der Waals surface area contributed by atoms with Gasteiger partial charge in [0.05, 0.1) is 0 Å². The third-order valence-corrected chi connectivity index (χ3v) is 6.59. The molecule has 1 spiro atoms. The van der Waals surface area contributed by atoms with Crippen LogP contribution in [0.1, 0.15) is 43.2 Å². The van der Waals surface area contributed by atoms with Crippen molar-refractivity contribution in [2.24, 2.45) is 5.41 Å². The van der Waals surface area contributed by atoms with Gasteiger partial charge in [-0.1, -0.05) is 30.3 Å². The van der Waals surface area contributed by atoms with Crippen LogP contribution in [0.2, 0.25) is 0 Å². The highest BCUT2D eigenvalue weighted by atomic mass is 16.2. The average molecular weight is 394 g/mol. The minimum atomic E-state index is 0.308. The number of hydrogen-bond donors (Lipinski definition) is 1. The zero-order chi connectivity index (χ0) is 20.1. The molecule has 29 heavy (non-hydrogen) atoms. The first-order chi connectivity index (χ1) is 14.1. The third kappa shape index (κ3) is 5.12. The van der Waals surface area contributed by atoms with E-state index in [0.29, 0.717) is 23.7 Å². The highest BCUT2D eigenvalue weighted by Gasteiger charge is 2.37. The van der Waals surface area contributed by atoms with Gasteiger partial charge in [0.15, 0.2) is 0 Å². The summed E-state index contributed by atoms with van der Waals surface area (Å²) in [6.45, 7) is 4.71. The number of likely N-dealkylation sites (tertiary alicyclic amines) is 2. The van der Waals surface area contributed by atoms with E-state index in [1.165, 1.54) is 18.4 Å². The minimum Gasteiger partial charge on any atom is -0.350 e. The summed E-state index contributed by atoms with van der Waals surface area (Å²) in [6, 6.07) is 10.3. The Balaban J connectivity index is 1.26. The van der Waals surface area contributed by atoms with Gasteiger partial charge in [-0.3, -0.25) is 9.69 Å². The van der Waals surface area contributed by atoms with Crippen molar-refractivity contribution in [3.05, 3.63) is 53.9 Å². The Morgan fingerprint density at radius 2 is 1.66 bits per heavy atom. The fraction of sp³-hybridized carbons (Fsp3) is 0.522. The molecule has 0 saturated carbocycles. The standard InChI is InChI=1S/C23H31N5O/c1-27-12-9-23(8-7-21(27)29)10-13-28(14-11-23)18-20-16-25-22(26-17-20)24-15-19-5-3-2-4-6-19/h2-6,16-17H,7-15,18H2,1H3,(H,24,25,26). The van der Waals surface area contributed by atoms with Crippen molar-refractivity contribution in [3.8, 4) is 0 Å². The van der Waals surface area contributed by atoms with Crippen LogP contribution in [0.25, 0.3) is 0 Å². The largest absolute Gasteiger partial charge is 0.350 e. The number of nitrogens with zero attached hydrogens (tertiary/aromatic N) is 4. The molecular weight excluding hydrogens is 362 g/mol. The highest BCUT2D eigenvalue weighted by molar-refractivity contribution is 5.76. The Bertz CT molecular complexity index is 800. The van der Waals surface area contributed by atoms with Crippen molar-refractivity contribution in [3.63, 3.8) is 0 Å². The van der Waals surface area contributed by atoms with Crippen molar-refractivity contribution in [1.29, 1.82) is 0 Å². The van der Waals surface area contributed by atoms with Crippen LogP contribution in [0.3, 0.4) is 0 Å². The molecule has 0 atom stereocenters. The summed E-state index contributed by atoms with van der Waals surface area (Å²) >= 11 is 0. The summed E-state index contributed by atoms with van der Waals surface area (Å²) in [7, 11) is 1.94. The van der Waals surface area contributed by atoms with E-state index in [9.17, 15) is 4.79 Å². The molecule has 2 saturated heterocycles. The summed E-state index contributed by atoms with van der Waals surface area (Å²) in [5.41, 5.74) is 2.73. The molecule has 6 heteroatoms. The Morgan fingerprint density at radius 3 is 2.38 bits per heavy atom. The Hall–Kier alpha value is -2.47. The molecule has 0 bridgehead atoms. The van der Waals surface area contributed by atoms with Gasteiger partial charge in [-0.25, -0.2) is 9.97 Å². The Labute approximate surface area is 173 Å². The molecule has 0 aliphatic carbocycles. The first-order valence-electron chi connectivity index (χ1n) is 10.7. The van der Waals surface area contributed by atoms with Gasteiger partial charge in [0.2, 0.25) is 11.9 Å². The number of anilines is 1. The summed E-state index contributed by atoms with van der Waals surface area (Å²) in [5, 5.41) is 3.28. The van der Waals surface area contributed by atoms with Crippen molar-refractivity contribution in [2.45, 2.75) is 45.2 Å². The number of carbonyl (C=O) groups is 1. The number of carbonyl (C=O) groups excluding carboxylic acids is 1. The van der Waals surface area contributed by atoms with E-state index < -0.39 is 0 Å². The SMILES string of the molecule is CN1CCC2(CCC1=O)CCN(Cc1cnc(NCc3ccccc3)nc1)CC2. The lowest BCUT2D eigenvalue weighted by atomic mass is 9.73. The number of rotatable bonds is 5. The molecule has 2 aliphatic rings.